The van der Waals surface area contributed by atoms with Gasteiger partial charge in [0.05, 0.1) is 32.1 Å². The molecule has 2 rings (SSSR count). The van der Waals surface area contributed by atoms with Crippen molar-refractivity contribution in [2.75, 3.05) is 13.2 Å². The second kappa shape index (κ2) is 48.9. The summed E-state index contributed by atoms with van der Waals surface area (Å²) in [5, 5.41) is 56.7. The lowest BCUT2D eigenvalue weighted by molar-refractivity contribution is -0.137. The first-order chi connectivity index (χ1) is 53.2. The van der Waals surface area contributed by atoms with Gasteiger partial charge in [-0.25, -0.2) is 0 Å². The number of amides is 19. The highest BCUT2D eigenvalue weighted by Crippen LogP contribution is 2.14. The summed E-state index contributed by atoms with van der Waals surface area (Å²) in [5.74, 6) is -20.0. The van der Waals surface area contributed by atoms with Gasteiger partial charge in [0.25, 0.3) is 0 Å². The smallest absolute Gasteiger partial charge is 0.245 e. The van der Waals surface area contributed by atoms with Gasteiger partial charge in [-0.15, -0.1) is 0 Å². The molecule has 114 heavy (non-hydrogen) atoms. The van der Waals surface area contributed by atoms with Crippen LogP contribution in [-0.2, 0) is 104 Å². The summed E-state index contributed by atoms with van der Waals surface area (Å²) in [6.07, 6.45) is -4.44. The SMILES string of the molecule is CC(=O)N[C@@H](CC(C)C)C(=O)N[C@@H](Cc1ccccc1)C(=O)N[C@@H](CCC(N)=O)C(=O)N[C@@H](C)C(=O)N[C@@H](Cc1ccccc1)C(=O)N[C@@H](CC(N)=O)C(=O)N[C@@H](C)C(=O)N[C@@H](CO)C(=O)N[C@@H](CC(C)C)C(=O)N[C@@H](C)C(=O)N[C@@H](CC(C)C)C(=O)N[C@@H](CC(N)=O)C(=O)NCC(=O)N[C@H](C(=O)N[C@H](C(N)=O)C(C)C)[C@@H](C)O. The van der Waals surface area contributed by atoms with E-state index in [2.05, 4.69) is 79.8 Å². The number of rotatable bonds is 50. The van der Waals surface area contributed by atoms with Gasteiger partial charge in [0.1, 0.15) is 84.6 Å². The minimum atomic E-state index is -1.86. The topological polar surface area (TPSA) is 649 Å². The number of aliphatic hydroxyl groups excluding tert-OH is 2. The van der Waals surface area contributed by atoms with Crippen LogP contribution in [0.25, 0.3) is 0 Å². The summed E-state index contributed by atoms with van der Waals surface area (Å²) < 4.78 is 0. The zero-order valence-electron chi connectivity index (χ0n) is 66.5. The van der Waals surface area contributed by atoms with Crippen LogP contribution in [0.4, 0.5) is 0 Å². The van der Waals surface area contributed by atoms with Crippen LogP contribution in [0.3, 0.4) is 0 Å². The van der Waals surface area contributed by atoms with E-state index >= 15 is 0 Å². The first-order valence-corrected chi connectivity index (χ1v) is 37.2. The number of benzene rings is 2. The van der Waals surface area contributed by atoms with Crippen molar-refractivity contribution in [2.24, 2.45) is 46.6 Å². The van der Waals surface area contributed by atoms with Crippen molar-refractivity contribution in [3.63, 3.8) is 0 Å². The normalized spacial score (nSPS) is 15.1. The van der Waals surface area contributed by atoms with Crippen molar-refractivity contribution >= 4 is 112 Å². The molecule has 0 aromatic heterocycles. The van der Waals surface area contributed by atoms with Crippen molar-refractivity contribution in [2.45, 2.75) is 238 Å². The van der Waals surface area contributed by atoms with E-state index in [1.165, 1.54) is 27.7 Å². The minimum absolute atomic E-state index is 0.0692. The summed E-state index contributed by atoms with van der Waals surface area (Å²) in [7, 11) is 0. The van der Waals surface area contributed by atoms with E-state index in [-0.39, 0.29) is 49.9 Å². The van der Waals surface area contributed by atoms with Crippen LogP contribution in [0.15, 0.2) is 60.7 Å². The predicted octanol–water partition coefficient (Wildman–Crippen LogP) is -6.88. The van der Waals surface area contributed by atoms with Crippen molar-refractivity contribution in [3.8, 4) is 0 Å². The van der Waals surface area contributed by atoms with Gasteiger partial charge < -0.3 is 113 Å². The summed E-state index contributed by atoms with van der Waals surface area (Å²) >= 11 is 0. The number of carbonyl (C=O) groups excluding carboxylic acids is 19. The van der Waals surface area contributed by atoms with Crippen molar-refractivity contribution in [3.05, 3.63) is 71.8 Å². The Labute approximate surface area is 660 Å². The van der Waals surface area contributed by atoms with Gasteiger partial charge in [-0.05, 0) is 88.2 Å². The number of carbonyl (C=O) groups is 19. The lowest BCUT2D eigenvalue weighted by atomic mass is 10.0. The first kappa shape index (κ1) is 98.4. The Kier molecular flexibility index (Phi) is 42.2. The molecule has 0 unspecified atom stereocenters. The molecule has 0 fully saturated rings. The van der Waals surface area contributed by atoms with E-state index in [1.54, 1.807) is 102 Å². The van der Waals surface area contributed by atoms with E-state index in [9.17, 15) is 101 Å². The molecule has 25 N–H and O–H groups in total. The van der Waals surface area contributed by atoms with Gasteiger partial charge in [-0.2, -0.15) is 0 Å². The Morgan fingerprint density at radius 1 is 0.342 bits per heavy atom. The molecule has 40 heteroatoms. The molecule has 0 saturated carbocycles. The number of hydrogen-bond acceptors (Lipinski definition) is 21. The van der Waals surface area contributed by atoms with Gasteiger partial charge in [0, 0.05) is 26.2 Å². The summed E-state index contributed by atoms with van der Waals surface area (Å²) in [6, 6.07) is -4.81. The lowest BCUT2D eigenvalue weighted by Gasteiger charge is -2.27. The molecule has 0 spiro atoms. The molecular formula is C74H115N19O21. The van der Waals surface area contributed by atoms with E-state index in [4.69, 9.17) is 22.9 Å². The second-order valence-corrected chi connectivity index (χ2v) is 29.4. The van der Waals surface area contributed by atoms with Crippen molar-refractivity contribution in [1.82, 2.24) is 79.8 Å². The highest BCUT2D eigenvalue weighted by molar-refractivity contribution is 6.01. The largest absolute Gasteiger partial charge is 0.394 e. The Balaban J connectivity index is 2.30. The third-order valence-electron chi connectivity index (χ3n) is 17.1. The Morgan fingerprint density at radius 3 is 1.04 bits per heavy atom. The molecular weight excluding hydrogens is 1490 g/mol. The fourth-order valence-corrected chi connectivity index (χ4v) is 11.2. The number of primary amides is 4. The van der Waals surface area contributed by atoms with Gasteiger partial charge >= 0.3 is 0 Å². The van der Waals surface area contributed by atoms with Gasteiger partial charge in [0.2, 0.25) is 112 Å². The Bertz CT molecular complexity index is 3700. The fraction of sp³-hybridized carbons (Fsp3) is 0.581. The summed E-state index contributed by atoms with van der Waals surface area (Å²) in [6.45, 7) is 17.5. The van der Waals surface area contributed by atoms with Gasteiger partial charge in [-0.3, -0.25) is 91.1 Å². The molecule has 0 saturated heterocycles. The summed E-state index contributed by atoms with van der Waals surface area (Å²) in [4.78, 5) is 253. The third-order valence-corrected chi connectivity index (χ3v) is 17.1. The number of hydrogen-bond donors (Lipinski definition) is 21. The molecule has 0 aliphatic heterocycles. The Morgan fingerprint density at radius 2 is 0.667 bits per heavy atom. The molecule has 2 aromatic rings. The van der Waals surface area contributed by atoms with Crippen LogP contribution < -0.4 is 103 Å². The van der Waals surface area contributed by atoms with E-state index in [0.29, 0.717) is 11.1 Å². The molecule has 2 aromatic carbocycles. The molecule has 0 aliphatic carbocycles. The van der Waals surface area contributed by atoms with Crippen LogP contribution in [0.2, 0.25) is 0 Å². The van der Waals surface area contributed by atoms with Crippen LogP contribution in [0.5, 0.6) is 0 Å². The van der Waals surface area contributed by atoms with Crippen LogP contribution in [0.1, 0.15) is 146 Å². The molecule has 0 heterocycles. The summed E-state index contributed by atoms with van der Waals surface area (Å²) in [5.41, 5.74) is 22.8. The molecule has 0 radical (unpaired) electrons. The fourth-order valence-electron chi connectivity index (χ4n) is 11.2. The second-order valence-electron chi connectivity index (χ2n) is 29.4. The predicted molar refractivity (Wildman–Crippen MR) is 410 cm³/mol. The zero-order valence-corrected chi connectivity index (χ0v) is 66.5. The van der Waals surface area contributed by atoms with Crippen LogP contribution >= 0.6 is 0 Å². The monoisotopic (exact) mass is 1610 g/mol. The highest BCUT2D eigenvalue weighted by Gasteiger charge is 2.38. The minimum Gasteiger partial charge on any atom is -0.394 e. The number of aliphatic hydroxyl groups is 2. The first-order valence-electron chi connectivity index (χ1n) is 37.2. The average Bonchev–Trinajstić information content (AvgIpc) is 0.858. The van der Waals surface area contributed by atoms with E-state index in [1.807, 2.05) is 13.8 Å². The molecule has 19 amide bonds. The maximum Gasteiger partial charge on any atom is 0.245 e. The number of nitrogens with two attached hydrogens (primary N) is 4. The van der Waals surface area contributed by atoms with Crippen molar-refractivity contribution in [1.29, 1.82) is 0 Å². The third kappa shape index (κ3) is 36.6. The van der Waals surface area contributed by atoms with E-state index < -0.39 is 248 Å². The maximum atomic E-state index is 14.3. The molecule has 40 nitrogen and oxygen atoms in total. The molecule has 0 aliphatic rings. The maximum absolute atomic E-state index is 14.3. The highest BCUT2D eigenvalue weighted by atomic mass is 16.3. The molecule has 0 bridgehead atoms. The van der Waals surface area contributed by atoms with Crippen molar-refractivity contribution < 1.29 is 101 Å². The zero-order chi connectivity index (χ0) is 86.5. The van der Waals surface area contributed by atoms with Gasteiger partial charge in [0.15, 0.2) is 0 Å². The van der Waals surface area contributed by atoms with E-state index in [0.717, 1.165) is 6.92 Å². The quantitative estimate of drug-likeness (QED) is 0.0293. The Hall–Kier alpha value is -11.7. The molecule has 632 valence electrons. The lowest BCUT2D eigenvalue weighted by Crippen LogP contribution is -2.61. The average molecular weight is 1610 g/mol. The number of nitrogens with one attached hydrogen (secondary N) is 15. The molecule has 15 atom stereocenters. The van der Waals surface area contributed by atoms with Crippen LogP contribution in [0, 0.1) is 23.7 Å². The van der Waals surface area contributed by atoms with Gasteiger partial charge in [-0.1, -0.05) is 116 Å². The standard InChI is InChI=1S/C74H115N19O21/c1-35(2)26-47(83-43(13)96)69(109)88-51(30-45-22-18-15-19-23-45)71(111)84-46(24-25-55(75)97)66(106)80-39(9)63(103)86-50(29-44-20-16-14-17-21-44)72(112)90-53(32-57(77)99)68(108)82-41(11)64(104)91-54(34-94)73(113)87-48(27-36(3)4)67(107)81-40(10)62(102)85-49(28-37(5)6)70(110)89-52(31-56(76)98)65(105)79-33-58(100)92-60(42(12)95)74(114)93-59(38(7)8)61(78)101/h14-23,35-42,46-54,59-60,94-95H,24-34H2,1-13H3,(H2,75,97)(H2,76,98)(H2,77,99)(H2,78,101)(H,79,105)(H,80,106)(H,81,107)(H,82,108)(H,83,96)(H,84,111)(H,85,102)(H,86,103)(H,87,113)(H,88,109)(H,89,110)(H,90,112)(H,91,104)(H,92,100)(H,93,114)/t39-,40-,41-,42+,46-,47-,48-,49-,50-,51-,52-,53-,54-,59-,60-/m0/s1. The van der Waals surface area contributed by atoms with Crippen LogP contribution in [-0.4, -0.2) is 226 Å².